The fourth-order valence-corrected chi connectivity index (χ4v) is 4.22. The molecule has 0 saturated carbocycles. The zero-order chi connectivity index (χ0) is 18.4. The van der Waals surface area contributed by atoms with E-state index in [9.17, 15) is 8.42 Å². The second kappa shape index (κ2) is 8.40. The topological polar surface area (TPSA) is 74.3 Å². The van der Waals surface area contributed by atoms with E-state index in [-0.39, 0.29) is 5.75 Å². The summed E-state index contributed by atoms with van der Waals surface area (Å²) in [6.45, 7) is 4.23. The van der Waals surface area contributed by atoms with Crippen LogP contribution < -0.4 is 14.9 Å². The molecule has 140 valence electrons. The van der Waals surface area contributed by atoms with Gasteiger partial charge in [0.2, 0.25) is 10.0 Å². The summed E-state index contributed by atoms with van der Waals surface area (Å²) >= 11 is 0. The highest BCUT2D eigenvalue weighted by Gasteiger charge is 2.12. The number of sulfonamides is 1. The molecular formula is C19H26N4O2S. The predicted molar refractivity (Wildman–Crippen MR) is 108 cm³/mol. The number of unbranched alkanes of at least 4 members (excludes halogenated alkanes) is 1. The van der Waals surface area contributed by atoms with Gasteiger partial charge in [-0.1, -0.05) is 13.3 Å². The Bertz CT molecular complexity index is 798. The number of rotatable bonds is 8. The molecule has 1 saturated heterocycles. The number of nitrogens with zero attached hydrogens (tertiary/aromatic N) is 2. The minimum absolute atomic E-state index is 0.132. The molecule has 3 rings (SSSR count). The van der Waals surface area contributed by atoms with Crippen LogP contribution in [0.25, 0.3) is 0 Å². The van der Waals surface area contributed by atoms with E-state index in [1.54, 1.807) is 12.1 Å². The summed E-state index contributed by atoms with van der Waals surface area (Å²) < 4.78 is 26.4. The summed E-state index contributed by atoms with van der Waals surface area (Å²) in [5.41, 5.74) is 2.69. The van der Waals surface area contributed by atoms with Gasteiger partial charge in [0.05, 0.1) is 17.6 Å². The summed E-state index contributed by atoms with van der Waals surface area (Å²) in [7, 11) is -3.30. The van der Waals surface area contributed by atoms with Crippen LogP contribution >= 0.6 is 0 Å². The molecule has 7 heteroatoms. The van der Waals surface area contributed by atoms with Gasteiger partial charge in [-0.3, -0.25) is 4.72 Å². The maximum absolute atomic E-state index is 11.9. The Morgan fingerprint density at radius 3 is 2.35 bits per heavy atom. The Kier molecular flexibility index (Phi) is 5.98. The number of aromatic nitrogens is 1. The van der Waals surface area contributed by atoms with Crippen molar-refractivity contribution >= 4 is 32.9 Å². The molecule has 0 aliphatic carbocycles. The first-order valence-electron chi connectivity index (χ1n) is 9.14. The summed E-state index contributed by atoms with van der Waals surface area (Å²) in [5, 5.41) is 3.24. The number of pyridine rings is 1. The number of hydrogen-bond donors (Lipinski definition) is 2. The molecule has 1 fully saturated rings. The lowest BCUT2D eigenvalue weighted by molar-refractivity contribution is 0.598. The summed E-state index contributed by atoms with van der Waals surface area (Å²) in [6, 6.07) is 11.8. The van der Waals surface area contributed by atoms with Crippen molar-refractivity contribution in [2.24, 2.45) is 0 Å². The highest BCUT2D eigenvalue weighted by atomic mass is 32.2. The van der Waals surface area contributed by atoms with Crippen molar-refractivity contribution in [2.75, 3.05) is 33.8 Å². The van der Waals surface area contributed by atoms with E-state index < -0.39 is 10.0 Å². The third-order valence-corrected chi connectivity index (χ3v) is 5.79. The van der Waals surface area contributed by atoms with Crippen LogP contribution in [0.15, 0.2) is 42.6 Å². The number of hydrogen-bond acceptors (Lipinski definition) is 5. The van der Waals surface area contributed by atoms with Crippen molar-refractivity contribution in [3.63, 3.8) is 0 Å². The number of anilines is 4. The van der Waals surface area contributed by atoms with E-state index in [0.29, 0.717) is 17.9 Å². The van der Waals surface area contributed by atoms with Gasteiger partial charge in [-0.2, -0.15) is 0 Å². The van der Waals surface area contributed by atoms with Gasteiger partial charge in [0, 0.05) is 24.5 Å². The largest absolute Gasteiger partial charge is 0.372 e. The molecule has 0 radical (unpaired) electrons. The Morgan fingerprint density at radius 2 is 1.73 bits per heavy atom. The van der Waals surface area contributed by atoms with Crippen LogP contribution in [0.2, 0.25) is 0 Å². The minimum Gasteiger partial charge on any atom is -0.372 e. The van der Waals surface area contributed by atoms with Crippen molar-refractivity contribution in [1.29, 1.82) is 0 Å². The second-order valence-electron chi connectivity index (χ2n) is 6.57. The van der Waals surface area contributed by atoms with Crippen molar-refractivity contribution in [1.82, 2.24) is 4.98 Å². The Hall–Kier alpha value is -2.28. The van der Waals surface area contributed by atoms with Crippen LogP contribution in [0.3, 0.4) is 0 Å². The maximum Gasteiger partial charge on any atom is 0.232 e. The standard InChI is InChI=1S/C19H26N4O2S/c1-2-3-14-26(24,25)22-17-8-11-19(20-15-17)21-16-6-9-18(10-7-16)23-12-4-5-13-23/h6-11,15,22H,2-5,12-14H2,1H3,(H,20,21). The third-order valence-electron chi connectivity index (χ3n) is 4.41. The molecule has 6 nitrogen and oxygen atoms in total. The first kappa shape index (κ1) is 18.5. The van der Waals surface area contributed by atoms with Gasteiger partial charge in [0.25, 0.3) is 0 Å². The fraction of sp³-hybridized carbons (Fsp3) is 0.421. The van der Waals surface area contributed by atoms with Crippen LogP contribution in [-0.2, 0) is 10.0 Å². The predicted octanol–water partition coefficient (Wildman–Crippen LogP) is 3.97. The SMILES string of the molecule is CCCCS(=O)(=O)Nc1ccc(Nc2ccc(N3CCCC3)cc2)nc1. The van der Waals surface area contributed by atoms with Crippen LogP contribution in [-0.4, -0.2) is 32.2 Å². The molecule has 1 aromatic heterocycles. The zero-order valence-corrected chi connectivity index (χ0v) is 15.9. The molecule has 2 aromatic rings. The summed E-state index contributed by atoms with van der Waals surface area (Å²) in [5.74, 6) is 0.808. The molecule has 0 bridgehead atoms. The third kappa shape index (κ3) is 5.11. The van der Waals surface area contributed by atoms with Gasteiger partial charge in [-0.05, 0) is 55.7 Å². The smallest absolute Gasteiger partial charge is 0.232 e. The zero-order valence-electron chi connectivity index (χ0n) is 15.1. The first-order chi connectivity index (χ1) is 12.6. The molecule has 1 aromatic carbocycles. The molecule has 1 aliphatic rings. The summed E-state index contributed by atoms with van der Waals surface area (Å²) in [4.78, 5) is 6.68. The lowest BCUT2D eigenvalue weighted by Crippen LogP contribution is -2.17. The van der Waals surface area contributed by atoms with Crippen molar-refractivity contribution < 1.29 is 8.42 Å². The second-order valence-corrected chi connectivity index (χ2v) is 8.41. The maximum atomic E-state index is 11.9. The summed E-state index contributed by atoms with van der Waals surface area (Å²) in [6.07, 6.45) is 5.55. The average Bonchev–Trinajstić information content (AvgIpc) is 3.17. The monoisotopic (exact) mass is 374 g/mol. The molecule has 2 heterocycles. The van der Waals surface area contributed by atoms with E-state index >= 15 is 0 Å². The Balaban J connectivity index is 1.58. The molecule has 1 aliphatic heterocycles. The molecule has 26 heavy (non-hydrogen) atoms. The van der Waals surface area contributed by atoms with E-state index in [1.165, 1.54) is 24.7 Å². The molecule has 2 N–H and O–H groups in total. The van der Waals surface area contributed by atoms with Crippen LogP contribution in [0.1, 0.15) is 32.6 Å². The van der Waals surface area contributed by atoms with Gasteiger partial charge in [0.15, 0.2) is 0 Å². The van der Waals surface area contributed by atoms with E-state index in [1.807, 2.05) is 19.1 Å². The van der Waals surface area contributed by atoms with Crippen molar-refractivity contribution in [2.45, 2.75) is 32.6 Å². The molecule has 0 spiro atoms. The molecule has 0 unspecified atom stereocenters. The minimum atomic E-state index is -3.30. The number of nitrogens with one attached hydrogen (secondary N) is 2. The molecular weight excluding hydrogens is 348 g/mol. The Morgan fingerprint density at radius 1 is 1.04 bits per heavy atom. The lowest BCUT2D eigenvalue weighted by Gasteiger charge is -2.18. The lowest BCUT2D eigenvalue weighted by atomic mass is 10.2. The van der Waals surface area contributed by atoms with Crippen LogP contribution in [0, 0.1) is 0 Å². The first-order valence-corrected chi connectivity index (χ1v) is 10.8. The van der Waals surface area contributed by atoms with Crippen LogP contribution in [0.5, 0.6) is 0 Å². The van der Waals surface area contributed by atoms with Crippen molar-refractivity contribution in [3.8, 4) is 0 Å². The van der Waals surface area contributed by atoms with E-state index in [0.717, 1.165) is 25.2 Å². The van der Waals surface area contributed by atoms with Gasteiger partial charge in [-0.15, -0.1) is 0 Å². The van der Waals surface area contributed by atoms with E-state index in [2.05, 4.69) is 32.1 Å². The van der Waals surface area contributed by atoms with Gasteiger partial charge >= 0.3 is 0 Å². The molecule has 0 amide bonds. The van der Waals surface area contributed by atoms with Gasteiger partial charge < -0.3 is 10.2 Å². The normalized spacial score (nSPS) is 14.4. The highest BCUT2D eigenvalue weighted by Crippen LogP contribution is 2.23. The van der Waals surface area contributed by atoms with Crippen LogP contribution in [0.4, 0.5) is 22.9 Å². The van der Waals surface area contributed by atoms with Gasteiger partial charge in [0.1, 0.15) is 5.82 Å². The average molecular weight is 375 g/mol. The number of benzene rings is 1. The van der Waals surface area contributed by atoms with Gasteiger partial charge in [-0.25, -0.2) is 13.4 Å². The quantitative estimate of drug-likeness (QED) is 0.731. The highest BCUT2D eigenvalue weighted by molar-refractivity contribution is 7.92. The molecule has 0 atom stereocenters. The van der Waals surface area contributed by atoms with E-state index in [4.69, 9.17) is 0 Å². The van der Waals surface area contributed by atoms with Crippen molar-refractivity contribution in [3.05, 3.63) is 42.6 Å². The Labute approximate surface area is 155 Å². The fourth-order valence-electron chi connectivity index (χ4n) is 2.97.